The lowest BCUT2D eigenvalue weighted by molar-refractivity contribution is 0.336. The number of rotatable bonds is 8. The minimum atomic E-state index is 0.587. The minimum absolute atomic E-state index is 0.587. The van der Waals surface area contributed by atoms with Crippen LogP contribution < -0.4 is 0 Å². The third-order valence-corrected chi connectivity index (χ3v) is 4.27. The van der Waals surface area contributed by atoms with Crippen LogP contribution in [0.1, 0.15) is 32.6 Å². The van der Waals surface area contributed by atoms with Crippen LogP contribution in [0.25, 0.3) is 10.9 Å². The molecule has 1 unspecified atom stereocenters. The van der Waals surface area contributed by atoms with Gasteiger partial charge in [0.1, 0.15) is 0 Å². The zero-order chi connectivity index (χ0) is 15.2. The summed E-state index contributed by atoms with van der Waals surface area (Å²) in [5, 5.41) is 9.37. The molecule has 0 saturated heterocycles. The molecule has 0 bridgehead atoms. The average Bonchev–Trinajstić information content (AvgIpc) is 3.18. The van der Waals surface area contributed by atoms with E-state index in [4.69, 9.17) is 0 Å². The molecule has 2 aromatic heterocycles. The molecule has 0 N–H and O–H groups in total. The van der Waals surface area contributed by atoms with E-state index in [1.165, 1.54) is 36.6 Å². The Kier molecular flexibility index (Phi) is 4.88. The Morgan fingerprint density at radius 2 is 1.95 bits per heavy atom. The van der Waals surface area contributed by atoms with Gasteiger partial charge in [-0.05, 0) is 29.9 Å². The van der Waals surface area contributed by atoms with Gasteiger partial charge in [-0.1, -0.05) is 49.6 Å². The van der Waals surface area contributed by atoms with Gasteiger partial charge in [0.15, 0.2) is 0 Å². The van der Waals surface area contributed by atoms with Gasteiger partial charge in [-0.3, -0.25) is 4.68 Å². The summed E-state index contributed by atoms with van der Waals surface area (Å²) in [6, 6.07) is 10.8. The first-order valence-electron chi connectivity index (χ1n) is 8.25. The Bertz CT molecular complexity index is 684. The third kappa shape index (κ3) is 3.56. The van der Waals surface area contributed by atoms with Crippen LogP contribution >= 0.6 is 0 Å². The summed E-state index contributed by atoms with van der Waals surface area (Å²) >= 11 is 0. The Balaban J connectivity index is 1.73. The van der Waals surface area contributed by atoms with Gasteiger partial charge < -0.3 is 4.57 Å². The molecule has 0 fully saturated rings. The van der Waals surface area contributed by atoms with E-state index >= 15 is 0 Å². The molecule has 1 atom stereocenters. The number of fused-ring (bicyclic) bond motifs is 1. The number of para-hydroxylation sites is 1. The summed E-state index contributed by atoms with van der Waals surface area (Å²) in [6.45, 7) is 4.24. The van der Waals surface area contributed by atoms with Gasteiger partial charge in [0, 0.05) is 31.0 Å². The van der Waals surface area contributed by atoms with Crippen LogP contribution in [-0.4, -0.2) is 19.6 Å². The summed E-state index contributed by atoms with van der Waals surface area (Å²) in [5.41, 5.74) is 1.32. The number of hydrogen-bond acceptors (Lipinski definition) is 2. The lowest BCUT2D eigenvalue weighted by Crippen LogP contribution is -2.17. The fourth-order valence-corrected chi connectivity index (χ4v) is 3.10. The van der Waals surface area contributed by atoms with Gasteiger partial charge in [-0.2, -0.15) is 0 Å². The predicted molar refractivity (Wildman–Crippen MR) is 89.6 cm³/mol. The smallest absolute Gasteiger partial charge is 0.0692 e. The standard InChI is InChI=1S/C18H24N4/c1-2-3-4-7-16(15-22-13-11-19-20-22)14-21-12-10-17-8-5-6-9-18(17)21/h5-6,8-13,16H,2-4,7,14-15H2,1H3. The molecule has 116 valence electrons. The molecule has 0 spiro atoms. The number of hydrogen-bond donors (Lipinski definition) is 0. The molecule has 4 heteroatoms. The van der Waals surface area contributed by atoms with Gasteiger partial charge in [0.25, 0.3) is 0 Å². The fourth-order valence-electron chi connectivity index (χ4n) is 3.10. The van der Waals surface area contributed by atoms with E-state index < -0.39 is 0 Å². The number of nitrogens with zero attached hydrogens (tertiary/aromatic N) is 4. The van der Waals surface area contributed by atoms with Crippen molar-refractivity contribution in [2.45, 2.75) is 45.7 Å². The van der Waals surface area contributed by atoms with Crippen LogP contribution in [0.15, 0.2) is 48.9 Å². The monoisotopic (exact) mass is 296 g/mol. The topological polar surface area (TPSA) is 35.6 Å². The molecule has 0 aliphatic carbocycles. The molecule has 4 nitrogen and oxygen atoms in total. The van der Waals surface area contributed by atoms with E-state index in [0.717, 1.165) is 13.1 Å². The average molecular weight is 296 g/mol. The van der Waals surface area contributed by atoms with Crippen LogP contribution in [0.4, 0.5) is 0 Å². The largest absolute Gasteiger partial charge is 0.347 e. The van der Waals surface area contributed by atoms with Gasteiger partial charge in [0.05, 0.1) is 6.20 Å². The normalized spacial score (nSPS) is 12.8. The van der Waals surface area contributed by atoms with Crippen molar-refractivity contribution in [2.24, 2.45) is 5.92 Å². The lowest BCUT2D eigenvalue weighted by Gasteiger charge is -2.18. The van der Waals surface area contributed by atoms with E-state index in [-0.39, 0.29) is 0 Å². The van der Waals surface area contributed by atoms with Crippen LogP contribution in [0, 0.1) is 5.92 Å². The SMILES string of the molecule is CCCCCC(Cn1ccnn1)Cn1ccc2ccccc21. The molecule has 0 aliphatic heterocycles. The maximum atomic E-state index is 4.13. The summed E-state index contributed by atoms with van der Waals surface area (Å²) in [5.74, 6) is 0.587. The van der Waals surface area contributed by atoms with Gasteiger partial charge in [0.2, 0.25) is 0 Å². The summed E-state index contributed by atoms with van der Waals surface area (Å²) in [4.78, 5) is 0. The number of aromatic nitrogens is 4. The molecule has 2 heterocycles. The van der Waals surface area contributed by atoms with Crippen molar-refractivity contribution in [3.05, 3.63) is 48.9 Å². The number of benzene rings is 1. The molecule has 22 heavy (non-hydrogen) atoms. The summed E-state index contributed by atoms with van der Waals surface area (Å²) in [7, 11) is 0. The molecular weight excluding hydrogens is 272 g/mol. The lowest BCUT2D eigenvalue weighted by atomic mass is 10.0. The Labute approximate surface area is 131 Å². The van der Waals surface area contributed by atoms with Crippen molar-refractivity contribution in [1.29, 1.82) is 0 Å². The molecular formula is C18H24N4. The van der Waals surface area contributed by atoms with Crippen molar-refractivity contribution < 1.29 is 0 Å². The summed E-state index contributed by atoms with van der Waals surface area (Å²) < 4.78 is 4.34. The van der Waals surface area contributed by atoms with Crippen LogP contribution in [0.3, 0.4) is 0 Å². The number of unbranched alkanes of at least 4 members (excludes halogenated alkanes) is 2. The van der Waals surface area contributed by atoms with Gasteiger partial charge in [-0.25, -0.2) is 0 Å². The van der Waals surface area contributed by atoms with E-state index in [0.29, 0.717) is 5.92 Å². The first kappa shape index (κ1) is 14.8. The minimum Gasteiger partial charge on any atom is -0.347 e. The Hall–Kier alpha value is -2.10. The second-order valence-corrected chi connectivity index (χ2v) is 6.01. The Morgan fingerprint density at radius 3 is 2.77 bits per heavy atom. The van der Waals surface area contributed by atoms with Gasteiger partial charge in [-0.15, -0.1) is 5.10 Å². The quantitative estimate of drug-likeness (QED) is 0.586. The highest BCUT2D eigenvalue weighted by atomic mass is 15.4. The van der Waals surface area contributed by atoms with Crippen LogP contribution in [-0.2, 0) is 13.1 Å². The third-order valence-electron chi connectivity index (χ3n) is 4.27. The van der Waals surface area contributed by atoms with Crippen molar-refractivity contribution in [3.8, 4) is 0 Å². The second kappa shape index (κ2) is 7.25. The van der Waals surface area contributed by atoms with E-state index in [9.17, 15) is 0 Å². The zero-order valence-electron chi connectivity index (χ0n) is 13.2. The highest BCUT2D eigenvalue weighted by Crippen LogP contribution is 2.20. The van der Waals surface area contributed by atoms with Crippen LogP contribution in [0.2, 0.25) is 0 Å². The van der Waals surface area contributed by atoms with E-state index in [1.54, 1.807) is 6.20 Å². The van der Waals surface area contributed by atoms with Crippen molar-refractivity contribution in [2.75, 3.05) is 0 Å². The first-order valence-corrected chi connectivity index (χ1v) is 8.25. The summed E-state index contributed by atoms with van der Waals surface area (Å²) in [6.07, 6.45) is 11.0. The van der Waals surface area contributed by atoms with Crippen LogP contribution in [0.5, 0.6) is 0 Å². The highest BCUT2D eigenvalue weighted by Gasteiger charge is 2.12. The highest BCUT2D eigenvalue weighted by molar-refractivity contribution is 5.79. The zero-order valence-corrected chi connectivity index (χ0v) is 13.2. The maximum Gasteiger partial charge on any atom is 0.0692 e. The fraction of sp³-hybridized carbons (Fsp3) is 0.444. The van der Waals surface area contributed by atoms with Crippen molar-refractivity contribution >= 4 is 10.9 Å². The Morgan fingerprint density at radius 1 is 1.05 bits per heavy atom. The van der Waals surface area contributed by atoms with Gasteiger partial charge >= 0.3 is 0 Å². The maximum absolute atomic E-state index is 4.13. The molecule has 3 aromatic rings. The molecule has 1 aromatic carbocycles. The van der Waals surface area contributed by atoms with E-state index in [2.05, 4.69) is 58.3 Å². The molecule has 0 aliphatic rings. The van der Waals surface area contributed by atoms with E-state index in [1.807, 2.05) is 10.9 Å². The second-order valence-electron chi connectivity index (χ2n) is 6.01. The first-order chi connectivity index (χ1) is 10.9. The molecule has 0 amide bonds. The molecule has 0 radical (unpaired) electrons. The molecule has 0 saturated carbocycles. The van der Waals surface area contributed by atoms with Crippen molar-refractivity contribution in [1.82, 2.24) is 19.6 Å². The molecule has 3 rings (SSSR count). The predicted octanol–water partition coefficient (Wildman–Crippen LogP) is 4.13. The van der Waals surface area contributed by atoms with Crippen molar-refractivity contribution in [3.63, 3.8) is 0 Å².